The summed E-state index contributed by atoms with van der Waals surface area (Å²) in [6.45, 7) is 6.80. The molecule has 10 nitrogen and oxygen atoms in total. The van der Waals surface area contributed by atoms with Crippen LogP contribution in [0.2, 0.25) is 0 Å². The van der Waals surface area contributed by atoms with Gasteiger partial charge in [-0.15, -0.1) is 5.10 Å². The van der Waals surface area contributed by atoms with Crippen molar-refractivity contribution in [2.75, 3.05) is 5.32 Å². The van der Waals surface area contributed by atoms with Crippen LogP contribution in [0.1, 0.15) is 55.4 Å². The van der Waals surface area contributed by atoms with Crippen LogP contribution in [0, 0.1) is 5.82 Å². The van der Waals surface area contributed by atoms with Gasteiger partial charge in [0.1, 0.15) is 11.4 Å². The number of para-hydroxylation sites is 1. The summed E-state index contributed by atoms with van der Waals surface area (Å²) >= 11 is 0. The molecule has 0 fully saturated rings. The lowest BCUT2D eigenvalue weighted by Gasteiger charge is -2.22. The number of hydrogen-bond acceptors (Lipinski definition) is 6. The summed E-state index contributed by atoms with van der Waals surface area (Å²) in [5.41, 5.74) is 0.594. The Hall–Kier alpha value is -4.80. The number of carboxylic acid groups (broad SMARTS) is 1. The number of ether oxygens (including phenoxy) is 1. The first kappa shape index (κ1) is 27.2. The molecule has 11 heteroatoms. The Bertz CT molecular complexity index is 1560. The molecular formula is C28H28FN5O5. The van der Waals surface area contributed by atoms with Crippen molar-refractivity contribution < 1.29 is 28.6 Å². The van der Waals surface area contributed by atoms with Gasteiger partial charge in [-0.3, -0.25) is 9.59 Å². The van der Waals surface area contributed by atoms with Gasteiger partial charge in [0.2, 0.25) is 0 Å². The molecule has 3 N–H and O–H groups in total. The second-order valence-corrected chi connectivity index (χ2v) is 9.88. The minimum absolute atomic E-state index is 0.0279. The van der Waals surface area contributed by atoms with Crippen LogP contribution in [0.3, 0.4) is 0 Å². The molecule has 0 spiro atoms. The topological polar surface area (TPSA) is 135 Å². The third-order valence-corrected chi connectivity index (χ3v) is 5.68. The third kappa shape index (κ3) is 6.38. The summed E-state index contributed by atoms with van der Waals surface area (Å²) in [5.74, 6) is -2.37. The quantitative estimate of drug-likeness (QED) is 0.304. The predicted octanol–water partition coefficient (Wildman–Crippen LogP) is 5.00. The van der Waals surface area contributed by atoms with Crippen LogP contribution >= 0.6 is 0 Å². The van der Waals surface area contributed by atoms with Crippen molar-refractivity contribution in [2.45, 2.75) is 45.8 Å². The Balaban J connectivity index is 1.68. The van der Waals surface area contributed by atoms with Gasteiger partial charge in [-0.25, -0.2) is 18.7 Å². The van der Waals surface area contributed by atoms with Gasteiger partial charge in [0, 0.05) is 17.4 Å². The molecule has 2 aromatic heterocycles. The Morgan fingerprint density at radius 3 is 2.54 bits per heavy atom. The zero-order chi connectivity index (χ0) is 28.3. The number of nitrogens with zero attached hydrogens (tertiary/aromatic N) is 3. The minimum Gasteiger partial charge on any atom is -0.481 e. The van der Waals surface area contributed by atoms with Crippen molar-refractivity contribution in [1.29, 1.82) is 0 Å². The number of hydrogen-bond donors (Lipinski definition) is 3. The maximum Gasteiger partial charge on any atom is 0.408 e. The Morgan fingerprint density at radius 1 is 1.08 bits per heavy atom. The summed E-state index contributed by atoms with van der Waals surface area (Å²) in [5, 5.41) is 18.9. The zero-order valence-electron chi connectivity index (χ0n) is 21.9. The van der Waals surface area contributed by atoms with E-state index in [1.165, 1.54) is 16.6 Å². The first-order valence-electron chi connectivity index (χ1n) is 12.2. The Kier molecular flexibility index (Phi) is 7.61. The number of aromatic nitrogens is 3. The van der Waals surface area contributed by atoms with E-state index >= 15 is 4.39 Å². The molecule has 0 saturated carbocycles. The molecule has 202 valence electrons. The number of anilines is 1. The minimum atomic E-state index is -1.04. The zero-order valence-corrected chi connectivity index (χ0v) is 21.9. The van der Waals surface area contributed by atoms with E-state index in [0.29, 0.717) is 16.8 Å². The molecule has 0 bridgehead atoms. The van der Waals surface area contributed by atoms with Crippen LogP contribution in [0.15, 0.2) is 60.8 Å². The van der Waals surface area contributed by atoms with Crippen LogP contribution in [0.5, 0.6) is 0 Å². The smallest absolute Gasteiger partial charge is 0.408 e. The van der Waals surface area contributed by atoms with Gasteiger partial charge in [0.25, 0.3) is 5.91 Å². The standard InChI is InChI=1S/C28H28FN5O5/c1-16(30-27(38)39-28(2,3)4)18-10-7-11-19(23(18)29)25-32-24(21-13-8-14-34(21)33-25)26(37)31-20-12-6-5-9-17(20)15-22(35)36/h5-14,16H,15H2,1-4H3,(H,30,38)(H,31,37)(H,35,36). The number of nitrogens with one attached hydrogen (secondary N) is 2. The molecule has 4 rings (SSSR count). The molecule has 1 atom stereocenters. The second kappa shape index (κ2) is 10.9. The molecule has 0 saturated heterocycles. The monoisotopic (exact) mass is 533 g/mol. The van der Waals surface area contributed by atoms with Gasteiger partial charge in [0.05, 0.1) is 23.5 Å². The van der Waals surface area contributed by atoms with E-state index in [0.717, 1.165) is 0 Å². The van der Waals surface area contributed by atoms with Gasteiger partial charge in [0.15, 0.2) is 11.5 Å². The first-order chi connectivity index (χ1) is 18.4. The summed E-state index contributed by atoms with van der Waals surface area (Å²) in [4.78, 5) is 41.2. The predicted molar refractivity (Wildman–Crippen MR) is 142 cm³/mol. The van der Waals surface area contributed by atoms with Crippen molar-refractivity contribution in [2.24, 2.45) is 0 Å². The highest BCUT2D eigenvalue weighted by Gasteiger charge is 2.24. The summed E-state index contributed by atoms with van der Waals surface area (Å²) in [6.07, 6.45) is 0.635. The maximum absolute atomic E-state index is 15.7. The van der Waals surface area contributed by atoms with Gasteiger partial charge < -0.3 is 20.5 Å². The Morgan fingerprint density at radius 2 is 1.82 bits per heavy atom. The molecular weight excluding hydrogens is 505 g/mol. The highest BCUT2D eigenvalue weighted by molar-refractivity contribution is 6.08. The summed E-state index contributed by atoms with van der Waals surface area (Å²) in [6, 6.07) is 13.7. The fourth-order valence-corrected chi connectivity index (χ4v) is 3.98. The fraction of sp³-hybridized carbons (Fsp3) is 0.250. The average molecular weight is 534 g/mol. The molecule has 0 aliphatic rings. The number of rotatable bonds is 7. The van der Waals surface area contributed by atoms with Crippen LogP contribution in [0.4, 0.5) is 14.9 Å². The molecule has 39 heavy (non-hydrogen) atoms. The van der Waals surface area contributed by atoms with Crippen molar-refractivity contribution in [3.05, 3.63) is 83.4 Å². The van der Waals surface area contributed by atoms with E-state index in [2.05, 4.69) is 20.7 Å². The molecule has 0 aliphatic carbocycles. The number of alkyl carbamates (subject to hydrolysis) is 1. The summed E-state index contributed by atoms with van der Waals surface area (Å²) in [7, 11) is 0. The van der Waals surface area contributed by atoms with Crippen LogP contribution in [0.25, 0.3) is 16.9 Å². The molecule has 2 heterocycles. The SMILES string of the molecule is CC(NC(=O)OC(C)(C)C)c1cccc(-c2nc(C(=O)Nc3ccccc3CC(=O)O)c3cccn3n2)c1F. The normalized spacial score (nSPS) is 12.1. The number of fused-ring (bicyclic) bond motifs is 1. The summed E-state index contributed by atoms with van der Waals surface area (Å²) < 4.78 is 22.4. The number of benzene rings is 2. The first-order valence-corrected chi connectivity index (χ1v) is 12.2. The number of amides is 2. The average Bonchev–Trinajstić information content (AvgIpc) is 3.32. The van der Waals surface area contributed by atoms with Gasteiger partial charge in [-0.05, 0) is 57.5 Å². The number of carbonyl (C=O) groups excluding carboxylic acids is 2. The number of aliphatic carboxylic acids is 1. The van der Waals surface area contributed by atoms with E-state index in [9.17, 15) is 19.5 Å². The van der Waals surface area contributed by atoms with Gasteiger partial charge >= 0.3 is 12.1 Å². The van der Waals surface area contributed by atoms with Crippen molar-refractivity contribution in [3.63, 3.8) is 0 Å². The highest BCUT2D eigenvalue weighted by atomic mass is 19.1. The van der Waals surface area contributed by atoms with Crippen molar-refractivity contribution >= 4 is 29.2 Å². The molecule has 2 aromatic carbocycles. The van der Waals surface area contributed by atoms with E-state index in [4.69, 9.17) is 4.74 Å². The molecule has 1 unspecified atom stereocenters. The lowest BCUT2D eigenvalue weighted by Crippen LogP contribution is -2.34. The number of halogens is 1. The number of carboxylic acids is 1. The fourth-order valence-electron chi connectivity index (χ4n) is 3.98. The lowest BCUT2D eigenvalue weighted by atomic mass is 10.0. The highest BCUT2D eigenvalue weighted by Crippen LogP contribution is 2.27. The van der Waals surface area contributed by atoms with Crippen molar-refractivity contribution in [3.8, 4) is 11.4 Å². The van der Waals surface area contributed by atoms with Crippen molar-refractivity contribution in [1.82, 2.24) is 19.9 Å². The lowest BCUT2D eigenvalue weighted by molar-refractivity contribution is -0.136. The number of carbonyl (C=O) groups is 3. The molecule has 0 radical (unpaired) electrons. The van der Waals surface area contributed by atoms with Crippen LogP contribution < -0.4 is 10.6 Å². The van der Waals surface area contributed by atoms with Crippen LogP contribution in [-0.4, -0.2) is 43.3 Å². The second-order valence-electron chi connectivity index (χ2n) is 9.88. The van der Waals surface area contributed by atoms with E-state index in [-0.39, 0.29) is 29.1 Å². The van der Waals surface area contributed by atoms with Gasteiger partial charge in [-0.2, -0.15) is 0 Å². The van der Waals surface area contributed by atoms with E-state index in [1.54, 1.807) is 76.4 Å². The van der Waals surface area contributed by atoms with E-state index < -0.39 is 35.4 Å². The Labute approximate surface area is 223 Å². The third-order valence-electron chi connectivity index (χ3n) is 5.68. The molecule has 4 aromatic rings. The molecule has 0 aliphatic heterocycles. The van der Waals surface area contributed by atoms with Gasteiger partial charge in [-0.1, -0.05) is 30.3 Å². The largest absolute Gasteiger partial charge is 0.481 e. The molecule has 2 amide bonds. The van der Waals surface area contributed by atoms with Crippen LogP contribution in [-0.2, 0) is 16.0 Å². The van der Waals surface area contributed by atoms with E-state index in [1.807, 2.05) is 0 Å². The maximum atomic E-state index is 15.7.